The maximum absolute atomic E-state index is 5.70. The molecule has 0 atom stereocenters. The summed E-state index contributed by atoms with van der Waals surface area (Å²) >= 11 is 0. The van der Waals surface area contributed by atoms with Crippen LogP contribution in [0.2, 0.25) is 0 Å². The number of rotatable bonds is 2. The second-order valence-electron chi connectivity index (χ2n) is 3.57. The number of furan rings is 1. The Bertz CT molecular complexity index is 591. The first-order valence-electron chi connectivity index (χ1n) is 5.26. The molecule has 3 aromatic rings. The van der Waals surface area contributed by atoms with Crippen LogP contribution in [0.25, 0.3) is 22.4 Å². The van der Waals surface area contributed by atoms with E-state index in [1.165, 1.54) is 0 Å². The zero-order valence-electron chi connectivity index (χ0n) is 8.92. The zero-order chi connectivity index (χ0) is 11.0. The summed E-state index contributed by atoms with van der Waals surface area (Å²) in [7, 11) is 0. The molecule has 3 rings (SSSR count). The molecular formula is C12H11N3O. The van der Waals surface area contributed by atoms with Gasteiger partial charge in [-0.3, -0.25) is 0 Å². The van der Waals surface area contributed by atoms with Gasteiger partial charge in [0, 0.05) is 5.39 Å². The Hall–Kier alpha value is -2.10. The lowest BCUT2D eigenvalue weighted by atomic mass is 10.2. The van der Waals surface area contributed by atoms with E-state index < -0.39 is 0 Å². The number of para-hydroxylation sites is 1. The van der Waals surface area contributed by atoms with Crippen LogP contribution in [0.4, 0.5) is 0 Å². The molecular weight excluding hydrogens is 202 g/mol. The van der Waals surface area contributed by atoms with Gasteiger partial charge in [-0.15, -0.1) is 0 Å². The molecule has 0 saturated heterocycles. The maximum atomic E-state index is 5.70. The zero-order valence-corrected chi connectivity index (χ0v) is 8.92. The summed E-state index contributed by atoms with van der Waals surface area (Å²) in [5.74, 6) is 0.765. The number of benzene rings is 1. The fourth-order valence-corrected chi connectivity index (χ4v) is 1.67. The predicted molar refractivity (Wildman–Crippen MR) is 60.9 cm³/mol. The number of fused-ring (bicyclic) bond motifs is 1. The molecule has 0 spiro atoms. The van der Waals surface area contributed by atoms with Gasteiger partial charge in [0.25, 0.3) is 0 Å². The van der Waals surface area contributed by atoms with Gasteiger partial charge in [0.15, 0.2) is 5.76 Å². The van der Waals surface area contributed by atoms with E-state index in [4.69, 9.17) is 4.42 Å². The SMILES string of the molecule is CCn1ncc(-c2cc3ccccc3o2)n1. The number of hydrogen-bond donors (Lipinski definition) is 0. The molecule has 16 heavy (non-hydrogen) atoms. The van der Waals surface area contributed by atoms with Gasteiger partial charge in [-0.05, 0) is 19.1 Å². The quantitative estimate of drug-likeness (QED) is 0.657. The van der Waals surface area contributed by atoms with E-state index in [-0.39, 0.29) is 0 Å². The average molecular weight is 213 g/mol. The van der Waals surface area contributed by atoms with Gasteiger partial charge in [-0.1, -0.05) is 18.2 Å². The summed E-state index contributed by atoms with van der Waals surface area (Å²) in [5, 5.41) is 9.52. The van der Waals surface area contributed by atoms with Crippen LogP contribution < -0.4 is 0 Å². The third-order valence-electron chi connectivity index (χ3n) is 2.50. The van der Waals surface area contributed by atoms with E-state index in [1.54, 1.807) is 11.0 Å². The van der Waals surface area contributed by atoms with Crippen LogP contribution in [-0.4, -0.2) is 15.0 Å². The minimum Gasteiger partial charge on any atom is -0.454 e. The molecule has 0 N–H and O–H groups in total. The molecule has 80 valence electrons. The standard InChI is InChI=1S/C12H11N3O/c1-2-15-13-8-10(14-15)12-7-9-5-3-4-6-11(9)16-12/h3-8H,2H2,1H3. The third-order valence-corrected chi connectivity index (χ3v) is 2.50. The lowest BCUT2D eigenvalue weighted by molar-refractivity contribution is 0.566. The van der Waals surface area contributed by atoms with Crippen molar-refractivity contribution in [2.24, 2.45) is 0 Å². The van der Waals surface area contributed by atoms with Crippen molar-refractivity contribution in [2.75, 3.05) is 0 Å². The molecule has 1 aromatic carbocycles. The summed E-state index contributed by atoms with van der Waals surface area (Å²) in [6.45, 7) is 2.77. The highest BCUT2D eigenvalue weighted by molar-refractivity contribution is 5.81. The Morgan fingerprint density at radius 2 is 2.19 bits per heavy atom. The van der Waals surface area contributed by atoms with Gasteiger partial charge in [0.05, 0.1) is 12.7 Å². The molecule has 0 fully saturated rings. The molecule has 0 aliphatic rings. The molecule has 2 heterocycles. The van der Waals surface area contributed by atoms with Crippen molar-refractivity contribution in [3.05, 3.63) is 36.5 Å². The van der Waals surface area contributed by atoms with Crippen LogP contribution in [0.5, 0.6) is 0 Å². The van der Waals surface area contributed by atoms with E-state index in [2.05, 4.69) is 10.2 Å². The molecule has 0 aliphatic carbocycles. The van der Waals surface area contributed by atoms with Crippen molar-refractivity contribution in [3.63, 3.8) is 0 Å². The molecule has 4 heteroatoms. The van der Waals surface area contributed by atoms with Crippen molar-refractivity contribution in [2.45, 2.75) is 13.5 Å². The van der Waals surface area contributed by atoms with Crippen molar-refractivity contribution in [3.8, 4) is 11.5 Å². The third kappa shape index (κ3) is 1.39. The van der Waals surface area contributed by atoms with Gasteiger partial charge in [0.2, 0.25) is 0 Å². The normalized spacial score (nSPS) is 11.1. The van der Waals surface area contributed by atoms with Crippen LogP contribution in [0.1, 0.15) is 6.92 Å². The minimum absolute atomic E-state index is 0.764. The van der Waals surface area contributed by atoms with Crippen LogP contribution in [0.15, 0.2) is 40.9 Å². The van der Waals surface area contributed by atoms with Gasteiger partial charge in [-0.25, -0.2) is 0 Å². The summed E-state index contributed by atoms with van der Waals surface area (Å²) in [4.78, 5) is 1.64. The van der Waals surface area contributed by atoms with Crippen LogP contribution >= 0.6 is 0 Å². The Morgan fingerprint density at radius 1 is 1.31 bits per heavy atom. The van der Waals surface area contributed by atoms with Crippen molar-refractivity contribution in [1.82, 2.24) is 15.0 Å². The number of aromatic nitrogens is 3. The predicted octanol–water partition coefficient (Wildman–Crippen LogP) is 2.71. The van der Waals surface area contributed by atoms with Crippen molar-refractivity contribution < 1.29 is 4.42 Å². The average Bonchev–Trinajstić information content (AvgIpc) is 2.95. The summed E-state index contributed by atoms with van der Waals surface area (Å²) in [6, 6.07) is 9.90. The van der Waals surface area contributed by atoms with Crippen LogP contribution in [0, 0.1) is 0 Å². The number of aryl methyl sites for hydroxylation is 1. The molecule has 0 radical (unpaired) electrons. The first-order chi connectivity index (χ1) is 7.86. The summed E-state index contributed by atoms with van der Waals surface area (Å²) < 4.78 is 5.70. The van der Waals surface area contributed by atoms with E-state index in [9.17, 15) is 0 Å². The molecule has 4 nitrogen and oxygen atoms in total. The highest BCUT2D eigenvalue weighted by Gasteiger charge is 2.08. The minimum atomic E-state index is 0.764. The fraction of sp³-hybridized carbons (Fsp3) is 0.167. The lowest BCUT2D eigenvalue weighted by Crippen LogP contribution is -1.97. The molecule has 0 amide bonds. The largest absolute Gasteiger partial charge is 0.454 e. The van der Waals surface area contributed by atoms with Gasteiger partial charge in [-0.2, -0.15) is 15.0 Å². The van der Waals surface area contributed by atoms with Gasteiger partial charge in [0.1, 0.15) is 11.3 Å². The number of hydrogen-bond acceptors (Lipinski definition) is 3. The van der Waals surface area contributed by atoms with Crippen LogP contribution in [0.3, 0.4) is 0 Å². The first kappa shape index (κ1) is 9.15. The number of nitrogens with zero attached hydrogens (tertiary/aromatic N) is 3. The van der Waals surface area contributed by atoms with E-state index >= 15 is 0 Å². The Balaban J connectivity index is 2.11. The maximum Gasteiger partial charge on any atom is 0.157 e. The van der Waals surface area contributed by atoms with E-state index in [1.807, 2.05) is 37.3 Å². The molecule has 0 saturated carbocycles. The Morgan fingerprint density at radius 3 is 2.94 bits per heavy atom. The van der Waals surface area contributed by atoms with Gasteiger partial charge >= 0.3 is 0 Å². The summed E-state index contributed by atoms with van der Waals surface area (Å²) in [5.41, 5.74) is 1.65. The highest BCUT2D eigenvalue weighted by Crippen LogP contribution is 2.25. The molecule has 2 aromatic heterocycles. The topological polar surface area (TPSA) is 43.9 Å². The molecule has 0 bridgehead atoms. The van der Waals surface area contributed by atoms with Crippen molar-refractivity contribution >= 4 is 11.0 Å². The fourth-order valence-electron chi connectivity index (χ4n) is 1.67. The second-order valence-corrected chi connectivity index (χ2v) is 3.57. The second kappa shape index (κ2) is 3.48. The monoisotopic (exact) mass is 213 g/mol. The summed E-state index contributed by atoms with van der Waals surface area (Å²) in [6.07, 6.45) is 1.72. The smallest absolute Gasteiger partial charge is 0.157 e. The lowest BCUT2D eigenvalue weighted by Gasteiger charge is -1.89. The van der Waals surface area contributed by atoms with Gasteiger partial charge < -0.3 is 4.42 Å². The Labute approximate surface area is 92.5 Å². The molecule has 0 unspecified atom stereocenters. The first-order valence-corrected chi connectivity index (χ1v) is 5.26. The van der Waals surface area contributed by atoms with E-state index in [0.29, 0.717) is 0 Å². The van der Waals surface area contributed by atoms with Crippen LogP contribution in [-0.2, 0) is 6.54 Å². The van der Waals surface area contributed by atoms with E-state index in [0.717, 1.165) is 29.0 Å². The Kier molecular flexibility index (Phi) is 1.99. The van der Waals surface area contributed by atoms with Crippen molar-refractivity contribution in [1.29, 1.82) is 0 Å². The highest BCUT2D eigenvalue weighted by atomic mass is 16.3. The molecule has 0 aliphatic heterocycles.